The third kappa shape index (κ3) is 3.54. The molecule has 0 aliphatic rings. The molecule has 0 saturated carbocycles. The van der Waals surface area contributed by atoms with Gasteiger partial charge >= 0.3 is 0 Å². The summed E-state index contributed by atoms with van der Waals surface area (Å²) in [5.74, 6) is 4.77. The second kappa shape index (κ2) is 3.09. The lowest BCUT2D eigenvalue weighted by atomic mass is 10.4. The molecular weight excluding hydrogens is 118 g/mol. The highest BCUT2D eigenvalue weighted by Gasteiger charge is 1.97. The number of amides is 1. The van der Waals surface area contributed by atoms with Crippen molar-refractivity contribution in [2.24, 2.45) is 11.6 Å². The van der Waals surface area contributed by atoms with E-state index >= 15 is 0 Å². The Bertz CT molecular complexity index is 135. The molecule has 0 bridgehead atoms. The van der Waals surface area contributed by atoms with Crippen molar-refractivity contribution in [3.8, 4) is 0 Å². The lowest BCUT2D eigenvalue weighted by Crippen LogP contribution is -2.32. The highest BCUT2D eigenvalue weighted by molar-refractivity contribution is 5.87. The van der Waals surface area contributed by atoms with Gasteiger partial charge in [0.05, 0.1) is 0 Å². The van der Waals surface area contributed by atoms with Gasteiger partial charge in [-0.25, -0.2) is 5.84 Å². The highest BCUT2D eigenvalue weighted by Crippen LogP contribution is 1.82. The van der Waals surface area contributed by atoms with E-state index in [1.165, 1.54) is 13.1 Å². The Balaban J connectivity index is 3.93. The van der Waals surface area contributed by atoms with E-state index in [-0.39, 0.29) is 5.91 Å². The fourth-order valence-electron chi connectivity index (χ4n) is 0.297. The van der Waals surface area contributed by atoms with Crippen LogP contribution in [0.2, 0.25) is 0 Å². The van der Waals surface area contributed by atoms with E-state index in [0.29, 0.717) is 5.70 Å². The van der Waals surface area contributed by atoms with Crippen LogP contribution in [-0.2, 0) is 4.79 Å². The van der Waals surface area contributed by atoms with Crippen molar-refractivity contribution in [3.63, 3.8) is 0 Å². The van der Waals surface area contributed by atoms with Gasteiger partial charge in [0.15, 0.2) is 0 Å². The van der Waals surface area contributed by atoms with E-state index in [2.05, 4.69) is 0 Å². The Morgan fingerprint density at radius 1 is 1.67 bits per heavy atom. The molecule has 0 aliphatic carbocycles. The van der Waals surface area contributed by atoms with Crippen LogP contribution in [0.5, 0.6) is 0 Å². The molecule has 4 N–H and O–H groups in total. The molecule has 0 aliphatic heterocycles. The van der Waals surface area contributed by atoms with Gasteiger partial charge in [-0.2, -0.15) is 0 Å². The van der Waals surface area contributed by atoms with Crippen LogP contribution < -0.4 is 11.6 Å². The molecule has 0 spiro atoms. The van der Waals surface area contributed by atoms with E-state index < -0.39 is 0 Å². The average Bonchev–Trinajstić information content (AvgIpc) is 1.63. The fraction of sp³-hybridized carbons (Fsp3) is 0.400. The van der Waals surface area contributed by atoms with E-state index in [4.69, 9.17) is 11.6 Å². The zero-order chi connectivity index (χ0) is 7.44. The van der Waals surface area contributed by atoms with Crippen molar-refractivity contribution in [2.75, 3.05) is 7.05 Å². The van der Waals surface area contributed by atoms with Gasteiger partial charge in [0, 0.05) is 18.8 Å². The highest BCUT2D eigenvalue weighted by atomic mass is 16.2. The van der Waals surface area contributed by atoms with Crippen LogP contribution in [0.3, 0.4) is 0 Å². The molecule has 0 aromatic heterocycles. The summed E-state index contributed by atoms with van der Waals surface area (Å²) in [6.07, 6.45) is 1.26. The third-order valence-corrected chi connectivity index (χ3v) is 0.699. The van der Waals surface area contributed by atoms with Crippen molar-refractivity contribution < 1.29 is 4.79 Å². The fourth-order valence-corrected chi connectivity index (χ4v) is 0.297. The molecule has 0 saturated heterocycles. The van der Waals surface area contributed by atoms with Gasteiger partial charge in [-0.05, 0) is 6.92 Å². The average molecular weight is 129 g/mol. The largest absolute Gasteiger partial charge is 0.402 e. The number of hydrazine groups is 1. The zero-order valence-electron chi connectivity index (χ0n) is 5.59. The summed E-state index contributed by atoms with van der Waals surface area (Å²) in [5, 5.41) is 0.969. The monoisotopic (exact) mass is 129 g/mol. The summed E-state index contributed by atoms with van der Waals surface area (Å²) in [4.78, 5) is 10.6. The number of hydrogen-bond donors (Lipinski definition) is 2. The Labute approximate surface area is 54.1 Å². The molecule has 9 heavy (non-hydrogen) atoms. The Hall–Kier alpha value is -1.03. The maximum Gasteiger partial charge on any atom is 0.261 e. The predicted molar refractivity (Wildman–Crippen MR) is 34.9 cm³/mol. The van der Waals surface area contributed by atoms with Crippen LogP contribution >= 0.6 is 0 Å². The second-order valence-corrected chi connectivity index (χ2v) is 1.84. The minimum absolute atomic E-state index is 0.296. The molecule has 0 heterocycles. The first-order chi connectivity index (χ1) is 4.04. The van der Waals surface area contributed by atoms with E-state index in [1.54, 1.807) is 6.92 Å². The molecule has 0 aromatic rings. The summed E-state index contributed by atoms with van der Waals surface area (Å²) in [6, 6.07) is 0. The number of carbonyl (C=O) groups is 1. The van der Waals surface area contributed by atoms with Gasteiger partial charge in [-0.15, -0.1) is 0 Å². The van der Waals surface area contributed by atoms with Crippen molar-refractivity contribution >= 4 is 5.91 Å². The van der Waals surface area contributed by atoms with Crippen LogP contribution in [-0.4, -0.2) is 18.0 Å². The van der Waals surface area contributed by atoms with Crippen molar-refractivity contribution in [3.05, 3.63) is 11.8 Å². The van der Waals surface area contributed by atoms with Crippen LogP contribution in [0.1, 0.15) is 6.92 Å². The quantitative estimate of drug-likeness (QED) is 0.210. The molecule has 0 aromatic carbocycles. The predicted octanol–water partition coefficient (Wildman–Crippen LogP) is -0.819. The first-order valence-corrected chi connectivity index (χ1v) is 2.50. The van der Waals surface area contributed by atoms with Crippen LogP contribution in [0.25, 0.3) is 0 Å². The van der Waals surface area contributed by atoms with Crippen LogP contribution in [0, 0.1) is 0 Å². The van der Waals surface area contributed by atoms with Gasteiger partial charge in [-0.3, -0.25) is 9.80 Å². The van der Waals surface area contributed by atoms with E-state index in [0.717, 1.165) is 5.01 Å². The van der Waals surface area contributed by atoms with Gasteiger partial charge in [-0.1, -0.05) is 0 Å². The minimum atomic E-state index is -0.296. The number of nitrogens with two attached hydrogens (primary N) is 2. The van der Waals surface area contributed by atoms with E-state index in [1.807, 2.05) is 0 Å². The van der Waals surface area contributed by atoms with Crippen LogP contribution in [0.4, 0.5) is 0 Å². The Kier molecular flexibility index (Phi) is 2.73. The molecule has 1 amide bonds. The summed E-state index contributed by atoms with van der Waals surface area (Å²) in [6.45, 7) is 1.63. The Morgan fingerprint density at radius 3 is 2.22 bits per heavy atom. The minimum Gasteiger partial charge on any atom is -0.402 e. The topological polar surface area (TPSA) is 72.4 Å². The molecule has 0 fully saturated rings. The smallest absolute Gasteiger partial charge is 0.261 e. The third-order valence-electron chi connectivity index (χ3n) is 0.699. The first-order valence-electron chi connectivity index (χ1n) is 2.50. The molecule has 0 atom stereocenters. The molecule has 4 heteroatoms. The summed E-state index contributed by atoms with van der Waals surface area (Å²) in [7, 11) is 1.46. The van der Waals surface area contributed by atoms with Crippen molar-refractivity contribution in [1.82, 2.24) is 5.01 Å². The molecule has 4 nitrogen and oxygen atoms in total. The van der Waals surface area contributed by atoms with Gasteiger partial charge < -0.3 is 5.73 Å². The number of nitrogens with zero attached hydrogens (tertiary/aromatic N) is 1. The molecule has 0 rings (SSSR count). The van der Waals surface area contributed by atoms with Gasteiger partial charge in [0.25, 0.3) is 5.91 Å². The summed E-state index contributed by atoms with van der Waals surface area (Å²) >= 11 is 0. The SMILES string of the molecule is C/C(N)=C/C(=O)N(C)N. The maximum absolute atomic E-state index is 10.6. The molecule has 0 unspecified atom stereocenters. The second-order valence-electron chi connectivity index (χ2n) is 1.84. The Morgan fingerprint density at radius 2 is 2.11 bits per heavy atom. The number of likely N-dealkylation sites (N-methyl/N-ethyl adjacent to an activating group) is 1. The lowest BCUT2D eigenvalue weighted by Gasteiger charge is -2.04. The summed E-state index contributed by atoms with van der Waals surface area (Å²) < 4.78 is 0. The number of rotatable bonds is 1. The standard InChI is InChI=1S/C5H11N3O/c1-4(6)3-5(9)8(2)7/h3H,6-7H2,1-2H3/b4-3-. The molecular formula is C5H11N3O. The van der Waals surface area contributed by atoms with Crippen LogP contribution in [0.15, 0.2) is 11.8 Å². The number of allylic oxidation sites excluding steroid dienone is 1. The summed E-state index contributed by atoms with van der Waals surface area (Å²) in [5.41, 5.74) is 5.64. The zero-order valence-corrected chi connectivity index (χ0v) is 5.59. The normalized spacial score (nSPS) is 11.2. The van der Waals surface area contributed by atoms with Gasteiger partial charge in [0.2, 0.25) is 0 Å². The number of carbonyl (C=O) groups excluding carboxylic acids is 1. The molecule has 0 radical (unpaired) electrons. The van der Waals surface area contributed by atoms with Crippen molar-refractivity contribution in [1.29, 1.82) is 0 Å². The maximum atomic E-state index is 10.6. The van der Waals surface area contributed by atoms with E-state index in [9.17, 15) is 4.79 Å². The molecule has 52 valence electrons. The lowest BCUT2D eigenvalue weighted by molar-refractivity contribution is -0.125. The van der Waals surface area contributed by atoms with Gasteiger partial charge in [0.1, 0.15) is 0 Å². The first kappa shape index (κ1) is 7.97. The number of hydrogen-bond acceptors (Lipinski definition) is 3. The van der Waals surface area contributed by atoms with Crippen molar-refractivity contribution in [2.45, 2.75) is 6.92 Å².